The SMILES string of the molecule is CC1(C)CCc2c(c[nH]c2-c2nc(-c3ccc(CO)cc3)no2)C1. The van der Waals surface area contributed by atoms with E-state index in [0.29, 0.717) is 17.1 Å². The summed E-state index contributed by atoms with van der Waals surface area (Å²) in [5.41, 5.74) is 5.70. The quantitative estimate of drug-likeness (QED) is 0.770. The Morgan fingerprint density at radius 3 is 2.79 bits per heavy atom. The zero-order valence-corrected chi connectivity index (χ0v) is 14.0. The molecule has 0 amide bonds. The van der Waals surface area contributed by atoms with Crippen molar-refractivity contribution in [2.24, 2.45) is 5.41 Å². The molecule has 0 spiro atoms. The molecule has 5 heteroatoms. The fourth-order valence-corrected chi connectivity index (χ4v) is 3.40. The number of nitrogens with one attached hydrogen (secondary N) is 1. The average Bonchev–Trinajstić information content (AvgIpc) is 3.20. The van der Waals surface area contributed by atoms with Crippen LogP contribution >= 0.6 is 0 Å². The lowest BCUT2D eigenvalue weighted by Gasteiger charge is -2.29. The fraction of sp³-hybridized carbons (Fsp3) is 0.368. The van der Waals surface area contributed by atoms with E-state index in [0.717, 1.165) is 36.1 Å². The first kappa shape index (κ1) is 15.1. The number of H-pyrrole nitrogens is 1. The van der Waals surface area contributed by atoms with Gasteiger partial charge in [0.1, 0.15) is 5.69 Å². The van der Waals surface area contributed by atoms with Gasteiger partial charge in [-0.2, -0.15) is 4.98 Å². The van der Waals surface area contributed by atoms with Crippen molar-refractivity contribution >= 4 is 0 Å². The molecule has 0 aliphatic heterocycles. The summed E-state index contributed by atoms with van der Waals surface area (Å²) in [6, 6.07) is 7.52. The van der Waals surface area contributed by atoms with Crippen LogP contribution in [0.1, 0.15) is 37.0 Å². The highest BCUT2D eigenvalue weighted by Crippen LogP contribution is 2.38. The molecule has 2 N–H and O–H groups in total. The standard InChI is InChI=1S/C19H21N3O2/c1-19(2)8-7-15-14(9-19)10-20-16(15)18-21-17(22-24-18)13-5-3-12(11-23)4-6-13/h3-6,10,20,23H,7-9,11H2,1-2H3. The van der Waals surface area contributed by atoms with Crippen LogP contribution in [0.4, 0.5) is 0 Å². The Morgan fingerprint density at radius 1 is 1.25 bits per heavy atom. The van der Waals surface area contributed by atoms with Gasteiger partial charge in [-0.15, -0.1) is 0 Å². The lowest BCUT2D eigenvalue weighted by atomic mass is 9.75. The van der Waals surface area contributed by atoms with Gasteiger partial charge >= 0.3 is 0 Å². The van der Waals surface area contributed by atoms with Gasteiger partial charge in [0.25, 0.3) is 5.89 Å². The number of aromatic amines is 1. The third kappa shape index (κ3) is 2.65. The van der Waals surface area contributed by atoms with Crippen molar-refractivity contribution in [2.45, 2.75) is 39.7 Å². The number of benzene rings is 1. The van der Waals surface area contributed by atoms with Crippen molar-refractivity contribution < 1.29 is 9.63 Å². The molecule has 4 rings (SSSR count). The Hall–Kier alpha value is -2.40. The molecule has 24 heavy (non-hydrogen) atoms. The van der Waals surface area contributed by atoms with Crippen LogP contribution in [-0.2, 0) is 19.4 Å². The Bertz CT molecular complexity index is 859. The highest BCUT2D eigenvalue weighted by atomic mass is 16.5. The number of hydrogen-bond donors (Lipinski definition) is 2. The summed E-state index contributed by atoms with van der Waals surface area (Å²) in [7, 11) is 0. The van der Waals surface area contributed by atoms with Gasteiger partial charge < -0.3 is 14.6 Å². The lowest BCUT2D eigenvalue weighted by Crippen LogP contribution is -2.21. The molecule has 2 heterocycles. The first-order valence-corrected chi connectivity index (χ1v) is 8.29. The summed E-state index contributed by atoms with van der Waals surface area (Å²) in [5.74, 6) is 1.10. The van der Waals surface area contributed by atoms with Crippen molar-refractivity contribution in [1.82, 2.24) is 15.1 Å². The van der Waals surface area contributed by atoms with Gasteiger partial charge in [0, 0.05) is 11.8 Å². The predicted molar refractivity (Wildman–Crippen MR) is 91.2 cm³/mol. The van der Waals surface area contributed by atoms with E-state index in [-0.39, 0.29) is 6.61 Å². The van der Waals surface area contributed by atoms with Crippen LogP contribution in [0.15, 0.2) is 35.0 Å². The average molecular weight is 323 g/mol. The summed E-state index contributed by atoms with van der Waals surface area (Å²) in [6.45, 7) is 4.65. The second kappa shape index (κ2) is 5.60. The van der Waals surface area contributed by atoms with E-state index in [4.69, 9.17) is 9.63 Å². The molecule has 1 aliphatic carbocycles. The van der Waals surface area contributed by atoms with Gasteiger partial charge in [0.2, 0.25) is 5.82 Å². The van der Waals surface area contributed by atoms with E-state index >= 15 is 0 Å². The van der Waals surface area contributed by atoms with E-state index in [2.05, 4.69) is 35.2 Å². The third-order valence-corrected chi connectivity index (χ3v) is 4.84. The van der Waals surface area contributed by atoms with Crippen LogP contribution in [0.3, 0.4) is 0 Å². The van der Waals surface area contributed by atoms with Crippen LogP contribution in [0.25, 0.3) is 23.0 Å². The van der Waals surface area contributed by atoms with Crippen LogP contribution in [0.5, 0.6) is 0 Å². The maximum atomic E-state index is 9.12. The van der Waals surface area contributed by atoms with Crippen molar-refractivity contribution in [3.05, 3.63) is 47.2 Å². The first-order valence-electron chi connectivity index (χ1n) is 8.29. The number of fused-ring (bicyclic) bond motifs is 1. The molecule has 1 aromatic carbocycles. The minimum absolute atomic E-state index is 0.0305. The molecule has 0 unspecified atom stereocenters. The van der Waals surface area contributed by atoms with Crippen molar-refractivity contribution in [3.63, 3.8) is 0 Å². The maximum Gasteiger partial charge on any atom is 0.274 e. The Morgan fingerprint density at radius 2 is 2.04 bits per heavy atom. The van der Waals surface area contributed by atoms with Gasteiger partial charge in [-0.1, -0.05) is 43.3 Å². The van der Waals surface area contributed by atoms with Gasteiger partial charge in [-0.25, -0.2) is 0 Å². The molecule has 2 aromatic heterocycles. The summed E-state index contributed by atoms with van der Waals surface area (Å²) in [4.78, 5) is 7.88. The van der Waals surface area contributed by atoms with Gasteiger partial charge in [0.15, 0.2) is 0 Å². The van der Waals surface area contributed by atoms with Gasteiger partial charge in [-0.3, -0.25) is 0 Å². The number of aliphatic hydroxyl groups excluding tert-OH is 1. The van der Waals surface area contributed by atoms with Crippen molar-refractivity contribution in [3.8, 4) is 23.0 Å². The van der Waals surface area contributed by atoms with E-state index in [1.54, 1.807) is 0 Å². The Labute approximate surface area is 140 Å². The molecular weight excluding hydrogens is 302 g/mol. The number of rotatable bonds is 3. The van der Waals surface area contributed by atoms with E-state index in [1.165, 1.54) is 11.1 Å². The number of nitrogens with zero attached hydrogens (tertiary/aromatic N) is 2. The number of aliphatic hydroxyl groups is 1. The smallest absolute Gasteiger partial charge is 0.274 e. The molecule has 0 saturated carbocycles. The number of aromatic nitrogens is 3. The monoisotopic (exact) mass is 323 g/mol. The normalized spacial score (nSPS) is 16.1. The minimum atomic E-state index is 0.0305. The fourth-order valence-electron chi connectivity index (χ4n) is 3.40. The Kier molecular flexibility index (Phi) is 3.53. The molecule has 0 fully saturated rings. The van der Waals surface area contributed by atoms with Crippen molar-refractivity contribution in [2.75, 3.05) is 0 Å². The molecule has 124 valence electrons. The third-order valence-electron chi connectivity index (χ3n) is 4.84. The summed E-state index contributed by atoms with van der Waals surface area (Å²) < 4.78 is 5.50. The highest BCUT2D eigenvalue weighted by molar-refractivity contribution is 5.62. The van der Waals surface area contributed by atoms with Crippen LogP contribution in [0.2, 0.25) is 0 Å². The molecule has 0 bridgehead atoms. The zero-order chi connectivity index (χ0) is 16.7. The molecule has 0 radical (unpaired) electrons. The summed E-state index contributed by atoms with van der Waals surface area (Å²) >= 11 is 0. The molecule has 0 atom stereocenters. The minimum Gasteiger partial charge on any atom is -0.392 e. The molecule has 5 nitrogen and oxygen atoms in total. The maximum absolute atomic E-state index is 9.12. The van der Waals surface area contributed by atoms with E-state index < -0.39 is 0 Å². The van der Waals surface area contributed by atoms with E-state index in [9.17, 15) is 0 Å². The van der Waals surface area contributed by atoms with Crippen LogP contribution in [-0.4, -0.2) is 20.2 Å². The molecule has 1 aliphatic rings. The van der Waals surface area contributed by atoms with Crippen LogP contribution < -0.4 is 0 Å². The topological polar surface area (TPSA) is 74.9 Å². The summed E-state index contributed by atoms with van der Waals surface area (Å²) in [6.07, 6.45) is 5.34. The largest absolute Gasteiger partial charge is 0.392 e. The van der Waals surface area contributed by atoms with Gasteiger partial charge in [-0.05, 0) is 41.4 Å². The number of hydrogen-bond acceptors (Lipinski definition) is 4. The molecule has 3 aromatic rings. The molecule has 0 saturated heterocycles. The summed E-state index contributed by atoms with van der Waals surface area (Å²) in [5, 5.41) is 13.2. The van der Waals surface area contributed by atoms with Gasteiger partial charge in [0.05, 0.1) is 6.61 Å². The second-order valence-electron chi connectivity index (χ2n) is 7.29. The predicted octanol–water partition coefficient (Wildman–Crippen LogP) is 3.74. The zero-order valence-electron chi connectivity index (χ0n) is 14.0. The highest BCUT2D eigenvalue weighted by Gasteiger charge is 2.29. The second-order valence-corrected chi connectivity index (χ2v) is 7.29. The van der Waals surface area contributed by atoms with Crippen LogP contribution in [0, 0.1) is 5.41 Å². The Balaban J connectivity index is 1.65. The first-order chi connectivity index (χ1) is 11.6. The lowest BCUT2D eigenvalue weighted by molar-refractivity contribution is 0.282. The van der Waals surface area contributed by atoms with Crippen molar-refractivity contribution in [1.29, 1.82) is 0 Å². The molecular formula is C19H21N3O2. The van der Waals surface area contributed by atoms with E-state index in [1.807, 2.05) is 24.3 Å².